The molecule has 1 atom stereocenters. The van der Waals surface area contributed by atoms with Crippen molar-refractivity contribution in [2.24, 2.45) is 0 Å². The van der Waals surface area contributed by atoms with E-state index in [2.05, 4.69) is 12.1 Å². The number of thioether (sulfide) groups is 1. The summed E-state index contributed by atoms with van der Waals surface area (Å²) >= 11 is 1.43. The van der Waals surface area contributed by atoms with Crippen molar-refractivity contribution in [3.05, 3.63) is 60.1 Å². The van der Waals surface area contributed by atoms with Crippen LogP contribution in [0.15, 0.2) is 53.1 Å². The van der Waals surface area contributed by atoms with Gasteiger partial charge in [-0.3, -0.25) is 4.79 Å². The molecule has 0 fully saturated rings. The Kier molecular flexibility index (Phi) is 5.51. The second-order valence-electron chi connectivity index (χ2n) is 5.24. The Labute approximate surface area is 129 Å². The first-order chi connectivity index (χ1) is 10.1. The van der Waals surface area contributed by atoms with Crippen molar-refractivity contribution in [2.45, 2.75) is 36.7 Å². The van der Waals surface area contributed by atoms with Crippen LogP contribution >= 0.6 is 11.8 Å². The fourth-order valence-corrected chi connectivity index (χ4v) is 3.18. The van der Waals surface area contributed by atoms with Gasteiger partial charge in [-0.05, 0) is 43.9 Å². The van der Waals surface area contributed by atoms with E-state index in [1.807, 2.05) is 30.3 Å². The molecular weight excluding hydrogens is 284 g/mol. The van der Waals surface area contributed by atoms with Crippen LogP contribution in [0.4, 0.5) is 0 Å². The molecule has 2 rings (SSSR count). The van der Waals surface area contributed by atoms with Gasteiger partial charge in [0, 0.05) is 0 Å². The second kappa shape index (κ2) is 7.36. The number of carbonyl (C=O) groups is 1. The molecule has 3 nitrogen and oxygen atoms in total. The lowest BCUT2D eigenvalue weighted by atomic mass is 10.0. The summed E-state index contributed by atoms with van der Waals surface area (Å²) in [5, 5.41) is 9.51. The van der Waals surface area contributed by atoms with Gasteiger partial charge in [-0.15, -0.1) is 11.8 Å². The Balaban J connectivity index is 1.87. The van der Waals surface area contributed by atoms with Gasteiger partial charge in [0.05, 0.1) is 12.0 Å². The molecule has 112 valence electrons. The van der Waals surface area contributed by atoms with E-state index in [0.717, 1.165) is 18.6 Å². The van der Waals surface area contributed by atoms with Crippen LogP contribution in [0, 0.1) is 0 Å². The van der Waals surface area contributed by atoms with Crippen LogP contribution in [-0.2, 0) is 17.0 Å². The monoisotopic (exact) mass is 304 g/mol. The summed E-state index contributed by atoms with van der Waals surface area (Å²) in [6, 6.07) is 13.9. The van der Waals surface area contributed by atoms with Crippen molar-refractivity contribution in [1.82, 2.24) is 0 Å². The van der Waals surface area contributed by atoms with E-state index in [9.17, 15) is 9.90 Å². The molecule has 1 unspecified atom stereocenters. The van der Waals surface area contributed by atoms with Gasteiger partial charge in [0.15, 0.2) is 0 Å². The first-order valence-corrected chi connectivity index (χ1v) is 8.02. The Hall–Kier alpha value is -1.68. The minimum atomic E-state index is -0.776. The molecule has 4 heteroatoms. The maximum absolute atomic E-state index is 11.6. The van der Waals surface area contributed by atoms with E-state index in [1.165, 1.54) is 17.3 Å². The summed E-state index contributed by atoms with van der Waals surface area (Å²) < 4.78 is 4.49. The first-order valence-electron chi connectivity index (χ1n) is 7.04. The minimum absolute atomic E-state index is 0.584. The van der Waals surface area contributed by atoms with E-state index < -0.39 is 10.7 Å². The number of carboxylic acid groups (broad SMARTS) is 1. The molecule has 21 heavy (non-hydrogen) atoms. The molecule has 1 aromatic heterocycles. The van der Waals surface area contributed by atoms with Crippen LogP contribution < -0.4 is 0 Å². The lowest BCUT2D eigenvalue weighted by Crippen LogP contribution is -2.31. The number of carboxylic acids is 1. The van der Waals surface area contributed by atoms with Crippen molar-refractivity contribution in [2.75, 3.05) is 0 Å². The van der Waals surface area contributed by atoms with E-state index in [-0.39, 0.29) is 0 Å². The molecule has 1 N–H and O–H groups in total. The average Bonchev–Trinajstić information content (AvgIpc) is 2.99. The number of aliphatic carboxylic acids is 1. The summed E-state index contributed by atoms with van der Waals surface area (Å²) in [5.74, 6) is 0.642. The molecule has 0 radical (unpaired) electrons. The largest absolute Gasteiger partial charge is 0.480 e. The standard InChI is InChI=1S/C17H20O3S/c1-17(16(18)19,21-13-15-10-6-12-20-15)11-5-9-14-7-3-2-4-8-14/h2-4,6-8,10,12H,5,9,11,13H2,1H3,(H,18,19). The zero-order valence-corrected chi connectivity index (χ0v) is 12.9. The van der Waals surface area contributed by atoms with E-state index in [0.29, 0.717) is 12.2 Å². The molecule has 0 spiro atoms. The maximum Gasteiger partial charge on any atom is 0.319 e. The highest BCUT2D eigenvalue weighted by Crippen LogP contribution is 2.33. The Bertz CT molecular complexity index is 551. The van der Waals surface area contributed by atoms with Crippen LogP contribution in [0.2, 0.25) is 0 Å². The molecule has 0 bridgehead atoms. The summed E-state index contributed by atoms with van der Waals surface area (Å²) in [4.78, 5) is 11.6. The number of benzene rings is 1. The van der Waals surface area contributed by atoms with Gasteiger partial charge in [0.25, 0.3) is 0 Å². The number of hydrogen-bond donors (Lipinski definition) is 1. The van der Waals surface area contributed by atoms with Crippen molar-refractivity contribution in [1.29, 1.82) is 0 Å². The smallest absolute Gasteiger partial charge is 0.319 e. The van der Waals surface area contributed by atoms with Crippen LogP contribution in [0.3, 0.4) is 0 Å². The highest BCUT2D eigenvalue weighted by atomic mass is 32.2. The van der Waals surface area contributed by atoms with Gasteiger partial charge in [0.2, 0.25) is 0 Å². The van der Waals surface area contributed by atoms with Crippen LogP contribution in [-0.4, -0.2) is 15.8 Å². The van der Waals surface area contributed by atoms with Crippen molar-refractivity contribution in [3.63, 3.8) is 0 Å². The number of furan rings is 1. The van der Waals surface area contributed by atoms with Crippen LogP contribution in [0.5, 0.6) is 0 Å². The quantitative estimate of drug-likeness (QED) is 0.786. The number of aryl methyl sites for hydroxylation is 1. The fraction of sp³-hybridized carbons (Fsp3) is 0.353. The van der Waals surface area contributed by atoms with Crippen molar-refractivity contribution >= 4 is 17.7 Å². The predicted octanol–water partition coefficient (Wildman–Crippen LogP) is 4.38. The third kappa shape index (κ3) is 4.67. The molecule has 1 aromatic carbocycles. The fourth-order valence-electron chi connectivity index (χ4n) is 2.14. The van der Waals surface area contributed by atoms with Crippen molar-refractivity contribution in [3.8, 4) is 0 Å². The normalized spacial score (nSPS) is 13.8. The average molecular weight is 304 g/mol. The Morgan fingerprint density at radius 1 is 1.24 bits per heavy atom. The third-order valence-electron chi connectivity index (χ3n) is 3.53. The summed E-state index contributed by atoms with van der Waals surface area (Å²) in [5.41, 5.74) is 1.25. The number of rotatable bonds is 8. The molecule has 0 aliphatic heterocycles. The minimum Gasteiger partial charge on any atom is -0.480 e. The molecule has 0 saturated heterocycles. The first kappa shape index (κ1) is 15.7. The van der Waals surface area contributed by atoms with E-state index in [4.69, 9.17) is 4.42 Å². The predicted molar refractivity (Wildman–Crippen MR) is 85.4 cm³/mol. The van der Waals surface area contributed by atoms with Gasteiger partial charge in [-0.2, -0.15) is 0 Å². The van der Waals surface area contributed by atoms with Crippen LogP contribution in [0.25, 0.3) is 0 Å². The SMILES string of the molecule is CC(CCCc1ccccc1)(SCc1ccco1)C(=O)O. The summed E-state index contributed by atoms with van der Waals surface area (Å²) in [6.07, 6.45) is 4.02. The molecule has 0 amide bonds. The maximum atomic E-state index is 11.6. The highest BCUT2D eigenvalue weighted by Gasteiger charge is 2.33. The molecule has 0 aliphatic carbocycles. The molecule has 0 aliphatic rings. The zero-order valence-electron chi connectivity index (χ0n) is 12.1. The summed E-state index contributed by atoms with van der Waals surface area (Å²) in [6.45, 7) is 1.80. The van der Waals surface area contributed by atoms with Gasteiger partial charge >= 0.3 is 5.97 Å². The van der Waals surface area contributed by atoms with E-state index >= 15 is 0 Å². The van der Waals surface area contributed by atoms with Gasteiger partial charge in [0.1, 0.15) is 10.5 Å². The summed E-state index contributed by atoms with van der Waals surface area (Å²) in [7, 11) is 0. The topological polar surface area (TPSA) is 50.4 Å². The molecular formula is C17H20O3S. The molecule has 0 saturated carbocycles. The zero-order chi connectivity index (χ0) is 15.1. The van der Waals surface area contributed by atoms with Crippen LogP contribution in [0.1, 0.15) is 31.1 Å². The third-order valence-corrected chi connectivity index (χ3v) is 4.97. The second-order valence-corrected chi connectivity index (χ2v) is 6.72. The van der Waals surface area contributed by atoms with Gasteiger partial charge in [-0.25, -0.2) is 0 Å². The number of hydrogen-bond acceptors (Lipinski definition) is 3. The van der Waals surface area contributed by atoms with Crippen molar-refractivity contribution < 1.29 is 14.3 Å². The van der Waals surface area contributed by atoms with Gasteiger partial charge in [-0.1, -0.05) is 30.3 Å². The Morgan fingerprint density at radius 2 is 2.00 bits per heavy atom. The lowest BCUT2D eigenvalue weighted by Gasteiger charge is -2.23. The Morgan fingerprint density at radius 3 is 2.62 bits per heavy atom. The molecule has 2 aromatic rings. The lowest BCUT2D eigenvalue weighted by molar-refractivity contribution is -0.139. The molecule has 1 heterocycles. The highest BCUT2D eigenvalue weighted by molar-refractivity contribution is 8.00. The van der Waals surface area contributed by atoms with Gasteiger partial charge < -0.3 is 9.52 Å². The van der Waals surface area contributed by atoms with E-state index in [1.54, 1.807) is 13.2 Å².